The van der Waals surface area contributed by atoms with Gasteiger partial charge in [-0.1, -0.05) is 30.8 Å². The Hall–Kier alpha value is -4.62. The summed E-state index contributed by atoms with van der Waals surface area (Å²) in [4.78, 5) is 56.1. The van der Waals surface area contributed by atoms with Gasteiger partial charge in [0.25, 0.3) is 0 Å². The summed E-state index contributed by atoms with van der Waals surface area (Å²) in [5, 5.41) is 25.4. The van der Waals surface area contributed by atoms with E-state index in [-0.39, 0.29) is 22.8 Å². The van der Waals surface area contributed by atoms with Crippen LogP contribution in [0.4, 0.5) is 0 Å². The normalized spacial score (nSPS) is 9.18. The number of nitrogens with zero attached hydrogens (tertiary/aromatic N) is 4. The van der Waals surface area contributed by atoms with Crippen molar-refractivity contribution in [1.29, 1.82) is 0 Å². The highest BCUT2D eigenvalue weighted by Gasteiger charge is 2.04. The van der Waals surface area contributed by atoms with Gasteiger partial charge < -0.3 is 15.3 Å². The first-order valence-corrected chi connectivity index (χ1v) is 12.5. The fraction of sp³-hybridized carbons (Fsp3) is 0.0370. The third kappa shape index (κ3) is 13.3. The first-order chi connectivity index (χ1) is 19.0. The SMILES string of the molecule is C=Cc1cccc(C(=O)O)n1.Cc1cccc(Br)n1.O=C(O)c1cccc(Br)n1.O=Cc1cccc(C(=O)O)n1. The van der Waals surface area contributed by atoms with Crippen molar-refractivity contribution in [3.05, 3.63) is 123 Å². The molecule has 4 rings (SSSR count). The van der Waals surface area contributed by atoms with E-state index in [9.17, 15) is 19.2 Å². The van der Waals surface area contributed by atoms with Crippen molar-refractivity contribution in [2.45, 2.75) is 6.92 Å². The van der Waals surface area contributed by atoms with Crippen molar-refractivity contribution in [1.82, 2.24) is 19.9 Å². The molecule has 0 aliphatic rings. The average molecular weight is 674 g/mol. The molecule has 0 fully saturated rings. The van der Waals surface area contributed by atoms with E-state index < -0.39 is 17.9 Å². The number of carbonyl (C=O) groups excluding carboxylic acids is 1. The lowest BCUT2D eigenvalue weighted by Crippen LogP contribution is -2.01. The zero-order valence-corrected chi connectivity index (χ0v) is 24.0. The van der Waals surface area contributed by atoms with Gasteiger partial charge in [-0.05, 0) is 93.4 Å². The van der Waals surface area contributed by atoms with Crippen LogP contribution in [-0.2, 0) is 0 Å². The molecule has 4 aromatic heterocycles. The highest BCUT2D eigenvalue weighted by molar-refractivity contribution is 9.10. The average Bonchev–Trinajstić information content (AvgIpc) is 2.94. The second-order valence-electron chi connectivity index (χ2n) is 7.08. The number of carboxylic acid groups (broad SMARTS) is 3. The molecule has 13 heteroatoms. The van der Waals surface area contributed by atoms with Crippen molar-refractivity contribution in [3.63, 3.8) is 0 Å². The Labute approximate surface area is 245 Å². The number of pyridine rings is 4. The molecule has 0 bridgehead atoms. The quantitative estimate of drug-likeness (QED) is 0.174. The van der Waals surface area contributed by atoms with Crippen molar-refractivity contribution in [3.8, 4) is 0 Å². The Bertz CT molecular complexity index is 1400. The summed E-state index contributed by atoms with van der Waals surface area (Å²) < 4.78 is 1.44. The second-order valence-corrected chi connectivity index (χ2v) is 8.71. The molecule has 4 aromatic rings. The molecule has 40 heavy (non-hydrogen) atoms. The van der Waals surface area contributed by atoms with Gasteiger partial charge in [0.1, 0.15) is 32.0 Å². The van der Waals surface area contributed by atoms with Crippen molar-refractivity contribution < 1.29 is 34.5 Å². The van der Waals surface area contributed by atoms with Gasteiger partial charge in [0.05, 0.1) is 5.69 Å². The summed E-state index contributed by atoms with van der Waals surface area (Å²) in [6.07, 6.45) is 2.01. The maximum absolute atomic E-state index is 10.4. The number of carboxylic acids is 3. The van der Waals surface area contributed by atoms with E-state index in [1.165, 1.54) is 36.4 Å². The third-order valence-electron chi connectivity index (χ3n) is 4.10. The predicted octanol–water partition coefficient (Wildman–Crippen LogP) is 5.71. The van der Waals surface area contributed by atoms with Crippen molar-refractivity contribution in [2.24, 2.45) is 0 Å². The zero-order valence-electron chi connectivity index (χ0n) is 20.8. The number of hydrogen-bond donors (Lipinski definition) is 3. The largest absolute Gasteiger partial charge is 0.477 e. The number of aryl methyl sites for hydroxylation is 1. The molecule has 0 saturated carbocycles. The van der Waals surface area contributed by atoms with E-state index >= 15 is 0 Å². The standard InChI is InChI=1S/C8H7NO2.C7H5NO3.C6H4BrNO2.C6H6BrN/c1-2-6-4-3-5-7(9-6)8(10)11;9-4-5-2-1-3-6(8-5)7(10)11;7-5-3-1-2-4(8-5)6(9)10;1-5-3-2-4-6(7)8-5/h2-5H,1H2,(H,10,11);1-4H,(H,10,11);1-3H,(H,9,10);2-4H,1H3. The fourth-order valence-corrected chi connectivity index (χ4v) is 3.13. The Balaban J connectivity index is 0.000000268. The van der Waals surface area contributed by atoms with Gasteiger partial charge >= 0.3 is 17.9 Å². The van der Waals surface area contributed by atoms with Crippen LogP contribution < -0.4 is 0 Å². The van der Waals surface area contributed by atoms with Gasteiger partial charge in [-0.3, -0.25) is 4.79 Å². The number of aromatic carboxylic acids is 3. The van der Waals surface area contributed by atoms with E-state index in [0.29, 0.717) is 16.6 Å². The summed E-state index contributed by atoms with van der Waals surface area (Å²) in [6, 6.07) is 19.6. The molecule has 0 radical (unpaired) electrons. The zero-order chi connectivity index (χ0) is 30.1. The van der Waals surface area contributed by atoms with E-state index in [1.54, 1.807) is 24.3 Å². The first kappa shape index (κ1) is 33.4. The van der Waals surface area contributed by atoms with Gasteiger partial charge in [0.2, 0.25) is 0 Å². The monoisotopic (exact) mass is 672 g/mol. The molecule has 0 aliphatic heterocycles. The molecule has 0 aromatic carbocycles. The molecule has 4 heterocycles. The molecular formula is C27H22Br2N4O7. The Kier molecular flexibility index (Phi) is 14.9. The van der Waals surface area contributed by atoms with Gasteiger partial charge in [-0.15, -0.1) is 0 Å². The van der Waals surface area contributed by atoms with Crippen LogP contribution in [0.1, 0.15) is 53.3 Å². The van der Waals surface area contributed by atoms with Gasteiger partial charge in [0, 0.05) is 5.69 Å². The summed E-state index contributed by atoms with van der Waals surface area (Å²) in [7, 11) is 0. The van der Waals surface area contributed by atoms with Crippen LogP contribution in [0.3, 0.4) is 0 Å². The van der Waals surface area contributed by atoms with Crippen LogP contribution in [0.25, 0.3) is 6.08 Å². The minimum atomic E-state index is -1.13. The van der Waals surface area contributed by atoms with E-state index in [1.807, 2.05) is 25.1 Å². The minimum absolute atomic E-state index is 0.0439. The Morgan fingerprint density at radius 3 is 1.40 bits per heavy atom. The number of halogens is 2. The summed E-state index contributed by atoms with van der Waals surface area (Å²) in [6.45, 7) is 5.44. The van der Waals surface area contributed by atoms with Crippen LogP contribution >= 0.6 is 31.9 Å². The summed E-state index contributed by atoms with van der Waals surface area (Å²) in [5.41, 5.74) is 1.72. The number of hydrogen-bond acceptors (Lipinski definition) is 8. The van der Waals surface area contributed by atoms with E-state index in [2.05, 4.69) is 58.4 Å². The highest BCUT2D eigenvalue weighted by atomic mass is 79.9. The number of rotatable bonds is 5. The van der Waals surface area contributed by atoms with Gasteiger partial charge in [-0.2, -0.15) is 0 Å². The molecule has 0 amide bonds. The molecule has 0 atom stereocenters. The maximum atomic E-state index is 10.4. The van der Waals surface area contributed by atoms with Crippen LogP contribution in [0.2, 0.25) is 0 Å². The topological polar surface area (TPSA) is 181 Å². The highest BCUT2D eigenvalue weighted by Crippen LogP contribution is 2.06. The van der Waals surface area contributed by atoms with Gasteiger partial charge in [0.15, 0.2) is 6.29 Å². The second kappa shape index (κ2) is 17.8. The summed E-state index contributed by atoms with van der Waals surface area (Å²) in [5.74, 6) is -3.16. The lowest BCUT2D eigenvalue weighted by atomic mass is 10.3. The Morgan fingerprint density at radius 2 is 1.05 bits per heavy atom. The molecule has 11 nitrogen and oxygen atoms in total. The molecule has 0 aliphatic carbocycles. The molecule has 0 unspecified atom stereocenters. The number of aldehydes is 1. The third-order valence-corrected chi connectivity index (χ3v) is 4.98. The lowest BCUT2D eigenvalue weighted by Gasteiger charge is -1.93. The molecule has 3 N–H and O–H groups in total. The molecular weight excluding hydrogens is 652 g/mol. The van der Waals surface area contributed by atoms with Crippen molar-refractivity contribution >= 4 is 62.1 Å². The number of carbonyl (C=O) groups is 4. The van der Waals surface area contributed by atoms with Crippen LogP contribution in [0.15, 0.2) is 88.6 Å². The fourth-order valence-electron chi connectivity index (χ4n) is 2.36. The van der Waals surface area contributed by atoms with Crippen LogP contribution in [0, 0.1) is 6.92 Å². The first-order valence-electron chi connectivity index (χ1n) is 10.9. The Morgan fingerprint density at radius 1 is 0.650 bits per heavy atom. The minimum Gasteiger partial charge on any atom is -0.477 e. The van der Waals surface area contributed by atoms with Crippen LogP contribution in [-0.4, -0.2) is 59.4 Å². The summed E-state index contributed by atoms with van der Waals surface area (Å²) >= 11 is 6.31. The molecule has 0 spiro atoms. The van der Waals surface area contributed by atoms with Crippen LogP contribution in [0.5, 0.6) is 0 Å². The van der Waals surface area contributed by atoms with Gasteiger partial charge in [-0.25, -0.2) is 34.3 Å². The van der Waals surface area contributed by atoms with E-state index in [0.717, 1.165) is 10.3 Å². The lowest BCUT2D eigenvalue weighted by molar-refractivity contribution is 0.0679. The maximum Gasteiger partial charge on any atom is 0.354 e. The van der Waals surface area contributed by atoms with Crippen molar-refractivity contribution in [2.75, 3.05) is 0 Å². The predicted molar refractivity (Wildman–Crippen MR) is 153 cm³/mol. The molecule has 0 saturated heterocycles. The smallest absolute Gasteiger partial charge is 0.354 e. The van der Waals surface area contributed by atoms with E-state index in [4.69, 9.17) is 15.3 Å². The number of aromatic nitrogens is 4. The molecule has 206 valence electrons.